The molecule has 0 aliphatic carbocycles. The summed E-state index contributed by atoms with van der Waals surface area (Å²) in [5, 5.41) is 12.4. The predicted molar refractivity (Wildman–Crippen MR) is 90.1 cm³/mol. The number of methoxy groups -OCH3 is 1. The first-order valence-electron chi connectivity index (χ1n) is 7.13. The molecule has 0 saturated heterocycles. The van der Waals surface area contributed by atoms with Crippen LogP contribution in [0.25, 0.3) is 11.5 Å². The van der Waals surface area contributed by atoms with Crippen LogP contribution in [0.5, 0.6) is 5.75 Å². The van der Waals surface area contributed by atoms with Gasteiger partial charge in [-0.1, -0.05) is 28.9 Å². The van der Waals surface area contributed by atoms with Crippen molar-refractivity contribution in [1.29, 1.82) is 0 Å². The Bertz CT molecular complexity index is 831. The maximum absolute atomic E-state index is 5.85. The average molecular weight is 344 g/mol. The van der Waals surface area contributed by atoms with Crippen LogP contribution >= 0.6 is 11.6 Å². The van der Waals surface area contributed by atoms with Crippen LogP contribution in [0.1, 0.15) is 11.5 Å². The van der Waals surface area contributed by atoms with E-state index in [9.17, 15) is 0 Å². The molecule has 0 amide bonds. The van der Waals surface area contributed by atoms with Gasteiger partial charge in [0.15, 0.2) is 6.61 Å². The quantitative estimate of drug-likeness (QED) is 0.500. The average Bonchev–Trinajstić information content (AvgIpc) is 3.08. The van der Waals surface area contributed by atoms with Gasteiger partial charge in [0, 0.05) is 16.1 Å². The van der Waals surface area contributed by atoms with Crippen molar-refractivity contribution in [2.45, 2.75) is 6.61 Å². The molecule has 7 heteroatoms. The van der Waals surface area contributed by atoms with Gasteiger partial charge < -0.3 is 14.0 Å². The van der Waals surface area contributed by atoms with Gasteiger partial charge in [-0.3, -0.25) is 0 Å². The number of ether oxygens (including phenoxy) is 1. The van der Waals surface area contributed by atoms with E-state index in [2.05, 4.69) is 15.4 Å². The van der Waals surface area contributed by atoms with Crippen LogP contribution in [0.2, 0.25) is 5.02 Å². The summed E-state index contributed by atoms with van der Waals surface area (Å²) in [5.74, 6) is 1.45. The van der Waals surface area contributed by atoms with Crippen molar-refractivity contribution in [3.05, 3.63) is 65.0 Å². The molecule has 0 N–H and O–H groups in total. The summed E-state index contributed by atoms with van der Waals surface area (Å²) in [6.45, 7) is 0.0756. The minimum Gasteiger partial charge on any atom is -0.496 e. The summed E-state index contributed by atoms with van der Waals surface area (Å²) in [4.78, 5) is 5.19. The van der Waals surface area contributed by atoms with Crippen LogP contribution in [0.3, 0.4) is 0 Å². The Morgan fingerprint density at radius 3 is 2.71 bits per heavy atom. The molecule has 24 heavy (non-hydrogen) atoms. The van der Waals surface area contributed by atoms with E-state index in [1.165, 1.54) is 0 Å². The molecule has 0 aliphatic heterocycles. The number of benzene rings is 2. The van der Waals surface area contributed by atoms with Gasteiger partial charge in [0.05, 0.1) is 13.3 Å². The fourth-order valence-corrected chi connectivity index (χ4v) is 2.11. The highest BCUT2D eigenvalue weighted by Crippen LogP contribution is 2.20. The molecular formula is C17H14ClN3O3. The third-order valence-corrected chi connectivity index (χ3v) is 3.40. The molecule has 0 saturated carbocycles. The molecule has 6 nitrogen and oxygen atoms in total. The topological polar surface area (TPSA) is 69.7 Å². The summed E-state index contributed by atoms with van der Waals surface area (Å²) in [5.41, 5.74) is 1.60. The molecular weight excluding hydrogens is 330 g/mol. The highest BCUT2D eigenvalue weighted by molar-refractivity contribution is 6.30. The normalized spacial score (nSPS) is 10.9. The Labute approximate surface area is 143 Å². The molecule has 3 rings (SSSR count). The summed E-state index contributed by atoms with van der Waals surface area (Å²) in [6.07, 6.45) is 1.56. The monoisotopic (exact) mass is 343 g/mol. The van der Waals surface area contributed by atoms with Gasteiger partial charge in [-0.05, 0) is 36.4 Å². The number of para-hydroxylation sites is 1. The van der Waals surface area contributed by atoms with Gasteiger partial charge in [-0.25, -0.2) is 0 Å². The van der Waals surface area contributed by atoms with Crippen molar-refractivity contribution < 1.29 is 14.0 Å². The molecule has 1 aromatic heterocycles. The number of nitrogens with zero attached hydrogens (tertiary/aromatic N) is 3. The number of hydrogen-bond donors (Lipinski definition) is 0. The lowest BCUT2D eigenvalue weighted by Crippen LogP contribution is -1.92. The van der Waals surface area contributed by atoms with Gasteiger partial charge in [0.25, 0.3) is 5.89 Å². The Balaban J connectivity index is 1.59. The van der Waals surface area contributed by atoms with Gasteiger partial charge in [0.2, 0.25) is 5.89 Å². The highest BCUT2D eigenvalue weighted by Gasteiger charge is 2.08. The van der Waals surface area contributed by atoms with Crippen molar-refractivity contribution in [2.24, 2.45) is 5.16 Å². The first-order chi connectivity index (χ1) is 11.8. The van der Waals surface area contributed by atoms with E-state index in [-0.39, 0.29) is 6.61 Å². The number of hydrogen-bond acceptors (Lipinski definition) is 6. The maximum atomic E-state index is 5.85. The Morgan fingerprint density at radius 1 is 1.12 bits per heavy atom. The van der Waals surface area contributed by atoms with Crippen molar-refractivity contribution in [3.63, 3.8) is 0 Å². The Kier molecular flexibility index (Phi) is 5.08. The van der Waals surface area contributed by atoms with E-state index in [4.69, 9.17) is 25.6 Å². The zero-order valence-electron chi connectivity index (χ0n) is 12.8. The van der Waals surface area contributed by atoms with Crippen LogP contribution in [-0.4, -0.2) is 23.5 Å². The van der Waals surface area contributed by atoms with Crippen LogP contribution in [0, 0.1) is 0 Å². The van der Waals surface area contributed by atoms with E-state index in [1.807, 2.05) is 24.3 Å². The van der Waals surface area contributed by atoms with Crippen molar-refractivity contribution in [3.8, 4) is 17.2 Å². The summed E-state index contributed by atoms with van der Waals surface area (Å²) < 4.78 is 10.7. The van der Waals surface area contributed by atoms with Crippen LogP contribution in [0.15, 0.2) is 58.1 Å². The highest BCUT2D eigenvalue weighted by atomic mass is 35.5. The second-order valence-corrected chi connectivity index (χ2v) is 5.19. The fourth-order valence-electron chi connectivity index (χ4n) is 1.98. The number of halogens is 1. The molecule has 0 spiro atoms. The molecule has 1 heterocycles. The minimum absolute atomic E-state index is 0.0756. The fraction of sp³-hybridized carbons (Fsp3) is 0.118. The molecule has 122 valence electrons. The maximum Gasteiger partial charge on any atom is 0.257 e. The largest absolute Gasteiger partial charge is 0.496 e. The lowest BCUT2D eigenvalue weighted by atomic mass is 10.2. The first-order valence-corrected chi connectivity index (χ1v) is 7.51. The van der Waals surface area contributed by atoms with Gasteiger partial charge in [-0.15, -0.1) is 10.2 Å². The van der Waals surface area contributed by atoms with Gasteiger partial charge in [-0.2, -0.15) is 0 Å². The molecule has 3 aromatic rings. The first kappa shape index (κ1) is 16.0. The summed E-state index contributed by atoms with van der Waals surface area (Å²) in [6, 6.07) is 14.6. The second-order valence-electron chi connectivity index (χ2n) is 4.76. The van der Waals surface area contributed by atoms with Crippen LogP contribution in [0.4, 0.5) is 0 Å². The van der Waals surface area contributed by atoms with E-state index >= 15 is 0 Å². The molecule has 0 bridgehead atoms. The van der Waals surface area contributed by atoms with E-state index in [1.54, 1.807) is 37.6 Å². The zero-order valence-corrected chi connectivity index (χ0v) is 13.6. The minimum atomic E-state index is 0.0756. The van der Waals surface area contributed by atoms with E-state index in [0.717, 1.165) is 11.1 Å². The standard InChI is InChI=1S/C17H14ClN3O3/c1-22-15-5-3-2-4-13(15)10-19-23-11-16-20-21-17(24-16)12-6-8-14(18)9-7-12/h2-10H,11H2,1H3/b19-10-. The molecule has 0 atom stereocenters. The lowest BCUT2D eigenvalue weighted by molar-refractivity contribution is 0.112. The van der Waals surface area contributed by atoms with Crippen LogP contribution in [-0.2, 0) is 11.4 Å². The second kappa shape index (κ2) is 7.61. The molecule has 0 fully saturated rings. The molecule has 2 aromatic carbocycles. The SMILES string of the molecule is COc1ccccc1/C=N\OCc1nnc(-c2ccc(Cl)cc2)o1. The third-order valence-electron chi connectivity index (χ3n) is 3.15. The van der Waals surface area contributed by atoms with E-state index in [0.29, 0.717) is 22.6 Å². The zero-order chi connectivity index (χ0) is 16.8. The Morgan fingerprint density at radius 2 is 1.92 bits per heavy atom. The van der Waals surface area contributed by atoms with Crippen molar-refractivity contribution >= 4 is 17.8 Å². The number of oxime groups is 1. The summed E-state index contributed by atoms with van der Waals surface area (Å²) in [7, 11) is 1.60. The van der Waals surface area contributed by atoms with E-state index < -0.39 is 0 Å². The number of aromatic nitrogens is 2. The predicted octanol–water partition coefficient (Wildman–Crippen LogP) is 3.95. The lowest BCUT2D eigenvalue weighted by Gasteiger charge is -2.02. The van der Waals surface area contributed by atoms with Gasteiger partial charge >= 0.3 is 0 Å². The Hall–Kier alpha value is -2.86. The molecule has 0 unspecified atom stereocenters. The summed E-state index contributed by atoms with van der Waals surface area (Å²) >= 11 is 5.85. The van der Waals surface area contributed by atoms with Crippen molar-refractivity contribution in [2.75, 3.05) is 7.11 Å². The van der Waals surface area contributed by atoms with Gasteiger partial charge in [0.1, 0.15) is 5.75 Å². The molecule has 0 radical (unpaired) electrons. The van der Waals surface area contributed by atoms with Crippen molar-refractivity contribution in [1.82, 2.24) is 10.2 Å². The number of rotatable bonds is 6. The smallest absolute Gasteiger partial charge is 0.257 e. The molecule has 0 aliphatic rings. The third kappa shape index (κ3) is 3.91. The van der Waals surface area contributed by atoms with Crippen LogP contribution < -0.4 is 4.74 Å².